The highest BCUT2D eigenvalue weighted by Crippen LogP contribution is 2.35. The third-order valence-corrected chi connectivity index (χ3v) is 2.36. The van der Waals surface area contributed by atoms with E-state index < -0.39 is 4.92 Å². The molecule has 5 N–H and O–H groups in total. The number of rotatable bonds is 7. The summed E-state index contributed by atoms with van der Waals surface area (Å²) in [7, 11) is 2.88. The highest BCUT2D eigenvalue weighted by Gasteiger charge is 2.19. The van der Waals surface area contributed by atoms with Gasteiger partial charge in [0.1, 0.15) is 12.0 Å². The van der Waals surface area contributed by atoms with Crippen LogP contribution in [0.15, 0.2) is 24.3 Å². The van der Waals surface area contributed by atoms with Gasteiger partial charge in [0.15, 0.2) is 5.69 Å². The first-order chi connectivity index (χ1) is 10.1. The highest BCUT2D eigenvalue weighted by molar-refractivity contribution is 5.83. The summed E-state index contributed by atoms with van der Waals surface area (Å²) in [5.74, 6) is 0.248. The number of nitrogens with zero attached hydrogens (tertiary/aromatic N) is 1. The van der Waals surface area contributed by atoms with Crippen molar-refractivity contribution in [1.82, 2.24) is 0 Å². The smallest absolute Gasteiger partial charge is 0.296 e. The van der Waals surface area contributed by atoms with E-state index >= 15 is 0 Å². The van der Waals surface area contributed by atoms with E-state index in [1.165, 1.54) is 26.3 Å². The zero-order valence-corrected chi connectivity index (χ0v) is 12.0. The number of hydrogen-bond acceptors (Lipinski definition) is 7. The Balaban J connectivity index is 0.00000191. The number of nitro benzene ring substituents is 1. The predicted octanol–water partition coefficient (Wildman–Crippen LogP) is 0.918. The maximum absolute atomic E-state index is 11.0. The molecule has 1 aromatic rings. The van der Waals surface area contributed by atoms with Crippen molar-refractivity contribution in [1.29, 1.82) is 0 Å². The molecule has 1 aromatic carbocycles. The molecule has 0 aliphatic carbocycles. The van der Waals surface area contributed by atoms with Crippen LogP contribution in [0.4, 0.5) is 11.4 Å². The minimum atomic E-state index is -0.565. The molecular formula is C13H20N4O4. The lowest BCUT2D eigenvalue weighted by atomic mass is 10.1. The summed E-state index contributed by atoms with van der Waals surface area (Å²) in [6.07, 6.45) is 4.01. The Bertz CT molecular complexity index is 503. The van der Waals surface area contributed by atoms with Crippen LogP contribution in [-0.4, -0.2) is 38.5 Å². The minimum Gasteiger partial charge on any atom is -0.494 e. The van der Waals surface area contributed by atoms with Crippen LogP contribution < -0.4 is 21.5 Å². The van der Waals surface area contributed by atoms with Crippen LogP contribution in [0.5, 0.6) is 5.75 Å². The van der Waals surface area contributed by atoms with Crippen LogP contribution >= 0.6 is 0 Å². The molecule has 0 bridgehead atoms. The molecule has 8 heteroatoms. The molecule has 0 fully saturated rings. The molecule has 0 aliphatic rings. The van der Waals surface area contributed by atoms with E-state index in [0.29, 0.717) is 19.4 Å². The van der Waals surface area contributed by atoms with E-state index in [9.17, 15) is 14.9 Å². The van der Waals surface area contributed by atoms with Crippen molar-refractivity contribution in [3.05, 3.63) is 40.0 Å². The van der Waals surface area contributed by atoms with Crippen LogP contribution in [0.25, 0.3) is 0 Å². The van der Waals surface area contributed by atoms with Gasteiger partial charge in [0.2, 0.25) is 0 Å². The quantitative estimate of drug-likeness (QED) is 0.295. The molecule has 0 amide bonds. The molecule has 0 saturated carbocycles. The second kappa shape index (κ2) is 10.4. The van der Waals surface area contributed by atoms with Gasteiger partial charge in [-0.2, -0.15) is 0 Å². The number of aldehydes is 1. The first-order valence-electron chi connectivity index (χ1n) is 6.12. The fourth-order valence-corrected chi connectivity index (χ4v) is 1.51. The molecule has 0 aromatic heterocycles. The maximum atomic E-state index is 11.0. The van der Waals surface area contributed by atoms with Crippen LogP contribution in [-0.2, 0) is 0 Å². The average Bonchev–Trinajstić information content (AvgIpc) is 2.52. The van der Waals surface area contributed by atoms with Gasteiger partial charge in [-0.3, -0.25) is 14.9 Å². The Hall–Kier alpha value is -2.45. The van der Waals surface area contributed by atoms with Gasteiger partial charge in [0, 0.05) is 24.7 Å². The summed E-state index contributed by atoms with van der Waals surface area (Å²) in [5, 5.41) is 13.9. The van der Waals surface area contributed by atoms with Crippen molar-refractivity contribution in [2.45, 2.75) is 0 Å². The van der Waals surface area contributed by atoms with Crippen LogP contribution in [0.3, 0.4) is 0 Å². The van der Waals surface area contributed by atoms with Crippen molar-refractivity contribution in [3.8, 4) is 5.75 Å². The van der Waals surface area contributed by atoms with Gasteiger partial charge in [-0.05, 0) is 13.1 Å². The lowest BCUT2D eigenvalue weighted by Crippen LogP contribution is -2.06. The summed E-state index contributed by atoms with van der Waals surface area (Å²) < 4.78 is 5.06. The van der Waals surface area contributed by atoms with Gasteiger partial charge in [-0.15, -0.1) is 0 Å². The van der Waals surface area contributed by atoms with Gasteiger partial charge in [-0.1, -0.05) is 12.2 Å². The number of carbonyl (C=O) groups is 1. The van der Waals surface area contributed by atoms with Crippen LogP contribution in [0.2, 0.25) is 0 Å². The third-order valence-electron chi connectivity index (χ3n) is 2.36. The molecule has 0 spiro atoms. The number of nitrogens with two attached hydrogens (primary N) is 2. The molecule has 0 radical (unpaired) electrons. The van der Waals surface area contributed by atoms with Crippen molar-refractivity contribution in [2.75, 3.05) is 32.6 Å². The predicted molar refractivity (Wildman–Crippen MR) is 81.8 cm³/mol. The average molecular weight is 296 g/mol. The van der Waals surface area contributed by atoms with Gasteiger partial charge in [0.25, 0.3) is 5.69 Å². The zero-order chi connectivity index (χ0) is 16.3. The molecule has 1 rings (SSSR count). The Morgan fingerprint density at radius 2 is 2.05 bits per heavy atom. The minimum absolute atomic E-state index is 0.187. The van der Waals surface area contributed by atoms with E-state index in [0.717, 1.165) is 0 Å². The number of carbonyl (C=O) groups excluding carboxylic acids is 1. The van der Waals surface area contributed by atoms with E-state index in [4.69, 9.17) is 10.5 Å². The van der Waals surface area contributed by atoms with Gasteiger partial charge >= 0.3 is 0 Å². The van der Waals surface area contributed by atoms with Crippen molar-refractivity contribution in [3.63, 3.8) is 0 Å². The summed E-state index contributed by atoms with van der Waals surface area (Å²) in [5.41, 5.74) is 10.0. The number of anilines is 1. The fraction of sp³-hybridized carbons (Fsp3) is 0.308. The van der Waals surface area contributed by atoms with Crippen molar-refractivity contribution < 1.29 is 14.5 Å². The Morgan fingerprint density at radius 1 is 1.38 bits per heavy atom. The number of ether oxygens (including phenoxy) is 1. The van der Waals surface area contributed by atoms with Crippen LogP contribution in [0, 0.1) is 10.1 Å². The van der Waals surface area contributed by atoms with Gasteiger partial charge in [0.05, 0.1) is 12.0 Å². The molecule has 116 valence electrons. The van der Waals surface area contributed by atoms with E-state index in [2.05, 4.69) is 11.1 Å². The SMILES string of the molecule is CN.COc1cc(C=O)cc([N+](=O)[O-])c1NC/C=C/CN. The summed E-state index contributed by atoms with van der Waals surface area (Å²) in [6.45, 7) is 0.764. The van der Waals surface area contributed by atoms with E-state index in [1.807, 2.05) is 0 Å². The van der Waals surface area contributed by atoms with Crippen LogP contribution in [0.1, 0.15) is 10.4 Å². The third kappa shape index (κ3) is 5.59. The van der Waals surface area contributed by atoms with Crippen molar-refractivity contribution in [2.24, 2.45) is 11.5 Å². The fourth-order valence-electron chi connectivity index (χ4n) is 1.51. The second-order valence-corrected chi connectivity index (χ2v) is 3.58. The highest BCUT2D eigenvalue weighted by atomic mass is 16.6. The lowest BCUT2D eigenvalue weighted by Gasteiger charge is -2.10. The summed E-state index contributed by atoms with van der Waals surface area (Å²) >= 11 is 0. The molecule has 0 aliphatic heterocycles. The Morgan fingerprint density at radius 3 is 2.52 bits per heavy atom. The molecule has 8 nitrogen and oxygen atoms in total. The lowest BCUT2D eigenvalue weighted by molar-refractivity contribution is -0.384. The van der Waals surface area contributed by atoms with Gasteiger partial charge < -0.3 is 21.5 Å². The van der Waals surface area contributed by atoms with E-state index in [-0.39, 0.29) is 22.7 Å². The Kier molecular flexibility index (Phi) is 9.14. The first kappa shape index (κ1) is 18.6. The largest absolute Gasteiger partial charge is 0.494 e. The second-order valence-electron chi connectivity index (χ2n) is 3.58. The summed E-state index contributed by atoms with van der Waals surface area (Å²) in [6, 6.07) is 2.64. The van der Waals surface area contributed by atoms with Crippen molar-refractivity contribution >= 4 is 17.7 Å². The number of hydrogen-bond donors (Lipinski definition) is 3. The molecule has 21 heavy (non-hydrogen) atoms. The molecular weight excluding hydrogens is 276 g/mol. The first-order valence-corrected chi connectivity index (χ1v) is 6.12. The molecule has 0 saturated heterocycles. The topological polar surface area (TPSA) is 134 Å². The normalized spacial score (nSPS) is 9.71. The van der Waals surface area contributed by atoms with Gasteiger partial charge in [-0.25, -0.2) is 0 Å². The monoisotopic (exact) mass is 296 g/mol. The van der Waals surface area contributed by atoms with E-state index in [1.54, 1.807) is 12.2 Å². The maximum Gasteiger partial charge on any atom is 0.296 e. The number of nitro groups is 1. The standard InChI is InChI=1S/C12H15N3O4.CH5N/c1-19-11-7-9(8-16)6-10(15(17)18)12(11)14-5-3-2-4-13;1-2/h2-3,6-8,14H,4-5,13H2,1H3;2H2,1H3/b3-2+;. The summed E-state index contributed by atoms with van der Waals surface area (Å²) in [4.78, 5) is 21.2. The number of benzene rings is 1. The number of nitrogens with one attached hydrogen (secondary N) is 1. The zero-order valence-electron chi connectivity index (χ0n) is 12.0. The Labute approximate surface area is 122 Å². The molecule has 0 unspecified atom stereocenters. The number of methoxy groups -OCH3 is 1. The molecule has 0 heterocycles. The molecule has 0 atom stereocenters.